The van der Waals surface area contributed by atoms with Crippen LogP contribution in [0.15, 0.2) is 83.8 Å². The number of hydrogen-bond donors (Lipinski definition) is 2. The predicted molar refractivity (Wildman–Crippen MR) is 133 cm³/mol. The monoisotopic (exact) mass is 479 g/mol. The highest BCUT2D eigenvalue weighted by Crippen LogP contribution is 2.27. The number of likely N-dealkylation sites (tertiary alicyclic amines) is 1. The number of hydrogen-bond acceptors (Lipinski definition) is 5. The molecule has 3 aromatic carbocycles. The summed E-state index contributed by atoms with van der Waals surface area (Å²) in [6, 6.07) is 23.4. The average molecular weight is 480 g/mol. The number of benzene rings is 3. The Morgan fingerprint density at radius 1 is 1.00 bits per heavy atom. The minimum Gasteiger partial charge on any atom is -0.495 e. The van der Waals surface area contributed by atoms with Crippen LogP contribution in [0.2, 0.25) is 0 Å². The van der Waals surface area contributed by atoms with E-state index in [1.807, 2.05) is 18.2 Å². The second-order valence-corrected chi connectivity index (χ2v) is 10.1. The molecule has 1 aliphatic heterocycles. The highest BCUT2D eigenvalue weighted by Gasteiger charge is 2.28. The van der Waals surface area contributed by atoms with Crippen molar-refractivity contribution in [1.82, 2.24) is 10.2 Å². The van der Waals surface area contributed by atoms with Crippen LogP contribution in [0, 0.1) is 0 Å². The topological polar surface area (TPSA) is 87.7 Å². The Kier molecular flexibility index (Phi) is 7.19. The van der Waals surface area contributed by atoms with Gasteiger partial charge in [-0.05, 0) is 55.3 Å². The first-order valence-electron chi connectivity index (χ1n) is 11.2. The van der Waals surface area contributed by atoms with Crippen molar-refractivity contribution in [1.29, 1.82) is 0 Å². The van der Waals surface area contributed by atoms with Crippen LogP contribution in [0.3, 0.4) is 0 Å². The number of carbonyl (C=O) groups is 1. The summed E-state index contributed by atoms with van der Waals surface area (Å²) in [6.45, 7) is 3.86. The lowest BCUT2D eigenvalue weighted by molar-refractivity contribution is 0.0936. The van der Waals surface area contributed by atoms with Crippen molar-refractivity contribution in [3.63, 3.8) is 0 Å². The number of para-hydroxylation sites is 2. The Morgan fingerprint density at radius 2 is 1.68 bits per heavy atom. The number of ether oxygens (including phenoxy) is 1. The summed E-state index contributed by atoms with van der Waals surface area (Å²) in [5, 5.41) is 3.08. The lowest BCUT2D eigenvalue weighted by atomic mass is 10.1. The Morgan fingerprint density at radius 3 is 2.38 bits per heavy atom. The van der Waals surface area contributed by atoms with E-state index in [0.717, 1.165) is 19.5 Å². The number of nitrogens with one attached hydrogen (secondary N) is 2. The SMILES string of the molecule is COc1ccccc1NS(=O)(=O)c1ccc(C(=O)NC2CCN(C(C)c3ccccc3)C2)cc1. The lowest BCUT2D eigenvalue weighted by Gasteiger charge is -2.24. The van der Waals surface area contributed by atoms with E-state index in [-0.39, 0.29) is 22.9 Å². The van der Waals surface area contributed by atoms with E-state index >= 15 is 0 Å². The van der Waals surface area contributed by atoms with Crippen molar-refractivity contribution in [3.8, 4) is 5.75 Å². The third-order valence-electron chi connectivity index (χ3n) is 6.16. The van der Waals surface area contributed by atoms with Crippen LogP contribution in [0.5, 0.6) is 5.75 Å². The number of rotatable bonds is 8. The third-order valence-corrected chi connectivity index (χ3v) is 7.54. The second-order valence-electron chi connectivity index (χ2n) is 8.37. The summed E-state index contributed by atoms with van der Waals surface area (Å²) >= 11 is 0. The summed E-state index contributed by atoms with van der Waals surface area (Å²) in [7, 11) is -2.34. The van der Waals surface area contributed by atoms with Crippen molar-refractivity contribution in [3.05, 3.63) is 90.0 Å². The van der Waals surface area contributed by atoms with Gasteiger partial charge in [-0.1, -0.05) is 42.5 Å². The number of carbonyl (C=O) groups excluding carboxylic acids is 1. The normalized spacial score (nSPS) is 17.2. The van der Waals surface area contributed by atoms with Crippen LogP contribution in [0.25, 0.3) is 0 Å². The van der Waals surface area contributed by atoms with Gasteiger partial charge in [0.05, 0.1) is 17.7 Å². The van der Waals surface area contributed by atoms with Gasteiger partial charge in [-0.3, -0.25) is 14.4 Å². The predicted octanol–water partition coefficient (Wildman–Crippen LogP) is 4.06. The van der Waals surface area contributed by atoms with E-state index in [0.29, 0.717) is 17.0 Å². The first-order chi connectivity index (χ1) is 16.4. The zero-order valence-corrected chi connectivity index (χ0v) is 20.1. The minimum absolute atomic E-state index is 0.0503. The molecule has 2 unspecified atom stereocenters. The molecule has 0 aromatic heterocycles. The molecule has 8 heteroatoms. The maximum Gasteiger partial charge on any atom is 0.262 e. The van der Waals surface area contributed by atoms with Gasteiger partial charge in [0.2, 0.25) is 0 Å². The Labute approximate surface area is 200 Å². The molecule has 178 valence electrons. The fourth-order valence-corrected chi connectivity index (χ4v) is 5.26. The van der Waals surface area contributed by atoms with Crippen molar-refractivity contribution < 1.29 is 17.9 Å². The Bertz CT molecular complexity index is 1230. The number of anilines is 1. The van der Waals surface area contributed by atoms with Gasteiger partial charge in [-0.15, -0.1) is 0 Å². The van der Waals surface area contributed by atoms with Gasteiger partial charge in [0.1, 0.15) is 5.75 Å². The standard InChI is InChI=1S/C26H29N3O4S/c1-19(20-8-4-3-5-9-20)29-17-16-22(18-29)27-26(30)21-12-14-23(15-13-21)34(31,32)28-24-10-6-7-11-25(24)33-2/h3-15,19,22,28H,16-18H2,1-2H3,(H,27,30). The van der Waals surface area contributed by atoms with Crippen LogP contribution in [-0.2, 0) is 10.0 Å². The molecule has 1 aliphatic rings. The summed E-state index contributed by atoms with van der Waals surface area (Å²) in [4.78, 5) is 15.2. The molecule has 7 nitrogen and oxygen atoms in total. The fourth-order valence-electron chi connectivity index (χ4n) is 4.19. The third kappa shape index (κ3) is 5.40. The summed E-state index contributed by atoms with van der Waals surface area (Å²) in [6.07, 6.45) is 0.873. The number of methoxy groups -OCH3 is 1. The van der Waals surface area contributed by atoms with Gasteiger partial charge in [0.15, 0.2) is 0 Å². The lowest BCUT2D eigenvalue weighted by Crippen LogP contribution is -2.37. The molecule has 0 radical (unpaired) electrons. The van der Waals surface area contributed by atoms with E-state index in [4.69, 9.17) is 4.74 Å². The van der Waals surface area contributed by atoms with Gasteiger partial charge in [0.25, 0.3) is 15.9 Å². The van der Waals surface area contributed by atoms with Crippen LogP contribution in [0.1, 0.15) is 35.3 Å². The molecule has 2 N–H and O–H groups in total. The number of sulfonamides is 1. The number of amides is 1. The molecular weight excluding hydrogens is 450 g/mol. The highest BCUT2D eigenvalue weighted by molar-refractivity contribution is 7.92. The van der Waals surface area contributed by atoms with Crippen LogP contribution in [-0.4, -0.2) is 45.5 Å². The molecule has 4 rings (SSSR count). The van der Waals surface area contributed by atoms with Crippen molar-refractivity contribution in [2.45, 2.75) is 30.3 Å². The molecule has 0 saturated carbocycles. The molecule has 1 amide bonds. The smallest absolute Gasteiger partial charge is 0.262 e. The van der Waals surface area contributed by atoms with E-state index in [9.17, 15) is 13.2 Å². The van der Waals surface area contributed by atoms with Crippen molar-refractivity contribution in [2.75, 3.05) is 24.9 Å². The largest absolute Gasteiger partial charge is 0.495 e. The molecule has 34 heavy (non-hydrogen) atoms. The Hall–Kier alpha value is -3.36. The summed E-state index contributed by atoms with van der Waals surface area (Å²) in [5.41, 5.74) is 2.03. The summed E-state index contributed by atoms with van der Waals surface area (Å²) in [5.74, 6) is 0.218. The van der Waals surface area contributed by atoms with Crippen LogP contribution >= 0.6 is 0 Å². The number of nitrogens with zero attached hydrogens (tertiary/aromatic N) is 1. The van der Waals surface area contributed by atoms with Crippen molar-refractivity contribution >= 4 is 21.6 Å². The molecule has 0 bridgehead atoms. The van der Waals surface area contributed by atoms with E-state index in [1.54, 1.807) is 24.3 Å². The minimum atomic E-state index is -3.82. The second kappa shape index (κ2) is 10.3. The van der Waals surface area contributed by atoms with Gasteiger partial charge in [-0.25, -0.2) is 8.42 Å². The van der Waals surface area contributed by atoms with Gasteiger partial charge in [-0.2, -0.15) is 0 Å². The molecule has 0 aliphatic carbocycles. The van der Waals surface area contributed by atoms with Gasteiger partial charge < -0.3 is 10.1 Å². The maximum atomic E-state index is 12.8. The van der Waals surface area contributed by atoms with Crippen molar-refractivity contribution in [2.24, 2.45) is 0 Å². The van der Waals surface area contributed by atoms with E-state index < -0.39 is 10.0 Å². The molecule has 0 spiro atoms. The molecule has 2 atom stereocenters. The van der Waals surface area contributed by atoms with Gasteiger partial charge in [0, 0.05) is 30.7 Å². The zero-order valence-electron chi connectivity index (χ0n) is 19.3. The van der Waals surface area contributed by atoms with E-state index in [1.165, 1.54) is 36.9 Å². The molecule has 1 heterocycles. The van der Waals surface area contributed by atoms with Crippen LogP contribution < -0.4 is 14.8 Å². The average Bonchev–Trinajstić information content (AvgIpc) is 3.32. The summed E-state index contributed by atoms with van der Waals surface area (Å²) < 4.78 is 33.3. The van der Waals surface area contributed by atoms with Gasteiger partial charge >= 0.3 is 0 Å². The quantitative estimate of drug-likeness (QED) is 0.509. The zero-order chi connectivity index (χ0) is 24.1. The molecule has 1 fully saturated rings. The molecular formula is C26H29N3O4S. The van der Waals surface area contributed by atoms with E-state index in [2.05, 4.69) is 34.0 Å². The highest BCUT2D eigenvalue weighted by atomic mass is 32.2. The molecule has 3 aromatic rings. The van der Waals surface area contributed by atoms with Crippen LogP contribution in [0.4, 0.5) is 5.69 Å². The molecule has 1 saturated heterocycles. The first kappa shape index (κ1) is 23.8. The fraction of sp³-hybridized carbons (Fsp3) is 0.269. The maximum absolute atomic E-state index is 12.8. The first-order valence-corrected chi connectivity index (χ1v) is 12.7. The Balaban J connectivity index is 1.37.